The molecule has 0 unspecified atom stereocenters. The third kappa shape index (κ3) is 2.63. The van der Waals surface area contributed by atoms with Crippen molar-refractivity contribution in [3.63, 3.8) is 0 Å². The van der Waals surface area contributed by atoms with Gasteiger partial charge >= 0.3 is 5.97 Å². The van der Waals surface area contributed by atoms with Gasteiger partial charge in [-0.2, -0.15) is 5.26 Å². The summed E-state index contributed by atoms with van der Waals surface area (Å²) in [5, 5.41) is 9.30. The van der Waals surface area contributed by atoms with E-state index in [0.29, 0.717) is 36.1 Å². The Bertz CT molecular complexity index is 929. The second-order valence-electron chi connectivity index (χ2n) is 5.48. The fourth-order valence-corrected chi connectivity index (χ4v) is 2.83. The van der Waals surface area contributed by atoms with Gasteiger partial charge in [0.2, 0.25) is 5.76 Å². The van der Waals surface area contributed by atoms with Gasteiger partial charge in [-0.15, -0.1) is 0 Å². The number of furan rings is 1. The van der Waals surface area contributed by atoms with Crippen LogP contribution >= 0.6 is 0 Å². The number of nitrogens with zero attached hydrogens (tertiary/aromatic N) is 2. The lowest BCUT2D eigenvalue weighted by Gasteiger charge is -2.17. The molecular weight excluding hydrogens is 312 g/mol. The minimum absolute atomic E-state index is 0.000275. The van der Waals surface area contributed by atoms with Crippen molar-refractivity contribution >= 4 is 11.8 Å². The van der Waals surface area contributed by atoms with E-state index in [1.165, 1.54) is 23.9 Å². The standard InChI is InChI=1S/C17H14N2O5/c1-23-17(22)15-6-5-10(24-15)8-19-9-13-11(3-2-4-14(13)20)12(7-18)16(19)21/h5-6,9H,2-4,8H2,1H3. The number of carbonyl (C=O) groups is 2. The molecule has 0 saturated heterocycles. The number of fused-ring (bicyclic) bond motifs is 1. The van der Waals surface area contributed by atoms with Crippen molar-refractivity contribution in [2.45, 2.75) is 25.8 Å². The molecule has 0 N–H and O–H groups in total. The van der Waals surface area contributed by atoms with Crippen LogP contribution in [0.1, 0.15) is 50.6 Å². The number of rotatable bonds is 3. The first kappa shape index (κ1) is 15.7. The lowest BCUT2D eigenvalue weighted by molar-refractivity contribution is 0.0562. The van der Waals surface area contributed by atoms with Gasteiger partial charge in [-0.05, 0) is 30.5 Å². The van der Waals surface area contributed by atoms with Crippen LogP contribution in [0.15, 0.2) is 27.5 Å². The van der Waals surface area contributed by atoms with Crippen molar-refractivity contribution in [2.75, 3.05) is 7.11 Å². The molecule has 122 valence electrons. The summed E-state index contributed by atoms with van der Waals surface area (Å²) < 4.78 is 11.2. The zero-order valence-corrected chi connectivity index (χ0v) is 13.0. The van der Waals surface area contributed by atoms with Gasteiger partial charge in [-0.3, -0.25) is 9.59 Å². The Morgan fingerprint density at radius 2 is 2.17 bits per heavy atom. The van der Waals surface area contributed by atoms with Gasteiger partial charge < -0.3 is 13.7 Å². The van der Waals surface area contributed by atoms with E-state index in [9.17, 15) is 19.6 Å². The van der Waals surface area contributed by atoms with Gasteiger partial charge in [0.25, 0.3) is 5.56 Å². The molecule has 0 aromatic carbocycles. The first-order chi connectivity index (χ1) is 11.5. The summed E-state index contributed by atoms with van der Waals surface area (Å²) in [5.74, 6) is -0.317. The molecule has 7 nitrogen and oxygen atoms in total. The monoisotopic (exact) mass is 326 g/mol. The van der Waals surface area contributed by atoms with Crippen molar-refractivity contribution in [3.8, 4) is 6.07 Å². The molecular formula is C17H14N2O5. The maximum Gasteiger partial charge on any atom is 0.373 e. The molecule has 0 atom stereocenters. The van der Waals surface area contributed by atoms with E-state index in [0.717, 1.165) is 0 Å². The number of Topliss-reactive ketones (excluding diaryl/α,β-unsaturated/α-hetero) is 1. The minimum atomic E-state index is -0.619. The molecule has 24 heavy (non-hydrogen) atoms. The summed E-state index contributed by atoms with van der Waals surface area (Å²) in [4.78, 5) is 36.0. The van der Waals surface area contributed by atoms with Crippen LogP contribution < -0.4 is 5.56 Å². The number of hydrogen-bond donors (Lipinski definition) is 0. The second-order valence-corrected chi connectivity index (χ2v) is 5.48. The Hall–Kier alpha value is -3.14. The molecule has 1 aliphatic carbocycles. The highest BCUT2D eigenvalue weighted by molar-refractivity contribution is 5.98. The predicted octanol–water partition coefficient (Wildman–Crippen LogP) is 1.67. The normalized spacial score (nSPS) is 13.2. The highest BCUT2D eigenvalue weighted by atomic mass is 16.5. The summed E-state index contributed by atoms with van der Waals surface area (Å²) in [5.41, 5.74) is 0.476. The van der Waals surface area contributed by atoms with E-state index < -0.39 is 11.5 Å². The van der Waals surface area contributed by atoms with Crippen molar-refractivity contribution < 1.29 is 18.7 Å². The second kappa shape index (κ2) is 6.16. The van der Waals surface area contributed by atoms with Gasteiger partial charge in [0.1, 0.15) is 17.4 Å². The number of ketones is 1. The SMILES string of the molecule is COC(=O)c1ccc(Cn2cc3c(c(C#N)c2=O)CCCC3=O)o1. The molecule has 0 radical (unpaired) electrons. The molecule has 7 heteroatoms. The quantitative estimate of drug-likeness (QED) is 0.795. The number of ether oxygens (including phenoxy) is 1. The zero-order valence-electron chi connectivity index (χ0n) is 13.0. The zero-order chi connectivity index (χ0) is 17.3. The van der Waals surface area contributed by atoms with Crippen LogP contribution in [0.5, 0.6) is 0 Å². The molecule has 0 fully saturated rings. The topological polar surface area (TPSA) is 102 Å². The highest BCUT2D eigenvalue weighted by Gasteiger charge is 2.24. The molecule has 0 spiro atoms. The number of hydrogen-bond acceptors (Lipinski definition) is 6. The molecule has 2 aromatic heterocycles. The minimum Gasteiger partial charge on any atom is -0.463 e. The van der Waals surface area contributed by atoms with E-state index in [4.69, 9.17) is 4.42 Å². The largest absolute Gasteiger partial charge is 0.463 e. The van der Waals surface area contributed by atoms with Gasteiger partial charge in [0.05, 0.1) is 13.7 Å². The maximum atomic E-state index is 12.5. The van der Waals surface area contributed by atoms with Crippen molar-refractivity contribution in [1.29, 1.82) is 5.26 Å². The van der Waals surface area contributed by atoms with Crippen LogP contribution in [0, 0.1) is 11.3 Å². The summed E-state index contributed by atoms with van der Waals surface area (Å²) >= 11 is 0. The number of carbonyl (C=O) groups excluding carboxylic acids is 2. The van der Waals surface area contributed by atoms with E-state index in [-0.39, 0.29) is 23.7 Å². The van der Waals surface area contributed by atoms with Crippen molar-refractivity contribution in [3.05, 3.63) is 56.9 Å². The van der Waals surface area contributed by atoms with E-state index in [1.807, 2.05) is 6.07 Å². The number of methoxy groups -OCH3 is 1. The Morgan fingerprint density at radius 3 is 2.88 bits per heavy atom. The Kier molecular flexibility index (Phi) is 4.04. The number of esters is 1. The molecule has 0 amide bonds. The van der Waals surface area contributed by atoms with Gasteiger partial charge in [0.15, 0.2) is 5.78 Å². The van der Waals surface area contributed by atoms with Crippen molar-refractivity contribution in [1.82, 2.24) is 4.57 Å². The molecule has 2 heterocycles. The lowest BCUT2D eigenvalue weighted by Crippen LogP contribution is -2.28. The van der Waals surface area contributed by atoms with Crippen LogP contribution in [0.25, 0.3) is 0 Å². The van der Waals surface area contributed by atoms with Gasteiger partial charge in [0, 0.05) is 18.2 Å². The average molecular weight is 326 g/mol. The third-order valence-corrected chi connectivity index (χ3v) is 4.00. The molecule has 3 rings (SSSR count). The molecule has 0 saturated carbocycles. The van der Waals surface area contributed by atoms with E-state index in [1.54, 1.807) is 6.07 Å². The summed E-state index contributed by atoms with van der Waals surface area (Å²) in [6.07, 6.45) is 3.07. The number of pyridine rings is 1. The number of nitriles is 1. The van der Waals surface area contributed by atoms with Crippen LogP contribution in [-0.4, -0.2) is 23.4 Å². The molecule has 2 aromatic rings. The van der Waals surface area contributed by atoms with Crippen LogP contribution in [0.4, 0.5) is 0 Å². The Balaban J connectivity index is 2.03. The lowest BCUT2D eigenvalue weighted by atomic mass is 9.89. The predicted molar refractivity (Wildman–Crippen MR) is 81.8 cm³/mol. The maximum absolute atomic E-state index is 12.5. The summed E-state index contributed by atoms with van der Waals surface area (Å²) in [7, 11) is 1.24. The number of aromatic nitrogens is 1. The summed E-state index contributed by atoms with van der Waals surface area (Å²) in [6.45, 7) is 0.0189. The fraction of sp³-hybridized carbons (Fsp3) is 0.294. The van der Waals surface area contributed by atoms with Crippen LogP contribution in [0.2, 0.25) is 0 Å². The Morgan fingerprint density at radius 1 is 1.38 bits per heavy atom. The van der Waals surface area contributed by atoms with E-state index >= 15 is 0 Å². The first-order valence-corrected chi connectivity index (χ1v) is 7.41. The van der Waals surface area contributed by atoms with E-state index in [2.05, 4.69) is 4.74 Å². The van der Waals surface area contributed by atoms with Crippen molar-refractivity contribution in [2.24, 2.45) is 0 Å². The summed E-state index contributed by atoms with van der Waals surface area (Å²) in [6, 6.07) is 4.91. The molecule has 0 aliphatic heterocycles. The van der Waals surface area contributed by atoms with Gasteiger partial charge in [-0.25, -0.2) is 4.79 Å². The van der Waals surface area contributed by atoms with Crippen LogP contribution in [0.3, 0.4) is 0 Å². The first-order valence-electron chi connectivity index (χ1n) is 7.41. The van der Waals surface area contributed by atoms with Crippen LogP contribution in [-0.2, 0) is 17.7 Å². The third-order valence-electron chi connectivity index (χ3n) is 4.00. The molecule has 1 aliphatic rings. The van der Waals surface area contributed by atoms with Gasteiger partial charge in [-0.1, -0.05) is 0 Å². The molecule has 0 bridgehead atoms. The average Bonchev–Trinajstić information content (AvgIpc) is 3.04. The fourth-order valence-electron chi connectivity index (χ4n) is 2.83. The highest BCUT2D eigenvalue weighted by Crippen LogP contribution is 2.22. The Labute approximate surface area is 137 Å². The smallest absolute Gasteiger partial charge is 0.373 e.